The van der Waals surface area contributed by atoms with Gasteiger partial charge in [-0.2, -0.15) is 0 Å². The number of carbonyl (C=O) groups excluding carboxylic acids is 1. The predicted octanol–water partition coefficient (Wildman–Crippen LogP) is 0.519. The quantitative estimate of drug-likeness (QED) is 0.362. The molecular formula is C10H12FN3O3. The Kier molecular flexibility index (Phi) is 3.08. The van der Waals surface area contributed by atoms with Crippen LogP contribution in [0.5, 0.6) is 0 Å². The molecule has 1 atom stereocenters. The summed E-state index contributed by atoms with van der Waals surface area (Å²) in [5, 5.41) is 11.7. The second kappa shape index (κ2) is 4.52. The molecule has 0 aliphatic carbocycles. The van der Waals surface area contributed by atoms with E-state index in [0.717, 1.165) is 0 Å². The highest BCUT2D eigenvalue weighted by molar-refractivity contribution is 6.42. The van der Waals surface area contributed by atoms with E-state index in [1.807, 2.05) is 0 Å². The van der Waals surface area contributed by atoms with Crippen LogP contribution in [0.2, 0.25) is 0 Å². The molecular weight excluding hydrogens is 229 g/mol. The van der Waals surface area contributed by atoms with Gasteiger partial charge >= 0.3 is 5.97 Å². The van der Waals surface area contributed by atoms with Gasteiger partial charge in [0.1, 0.15) is 11.9 Å². The van der Waals surface area contributed by atoms with Crippen LogP contribution < -0.4 is 0 Å². The Morgan fingerprint density at radius 2 is 2.59 bits per heavy atom. The first-order valence-electron chi connectivity index (χ1n) is 5.25. The van der Waals surface area contributed by atoms with Gasteiger partial charge in [0.05, 0.1) is 25.2 Å². The van der Waals surface area contributed by atoms with E-state index in [0.29, 0.717) is 5.69 Å². The van der Waals surface area contributed by atoms with Crippen LogP contribution in [0.25, 0.3) is 0 Å². The zero-order valence-corrected chi connectivity index (χ0v) is 9.26. The molecule has 1 unspecified atom stereocenters. The lowest BCUT2D eigenvalue weighted by Gasteiger charge is -2.03. The van der Waals surface area contributed by atoms with Gasteiger partial charge in [0.25, 0.3) is 0 Å². The van der Waals surface area contributed by atoms with Crippen molar-refractivity contribution in [3.8, 4) is 0 Å². The number of fused-ring (bicyclic) bond motifs is 1. The molecule has 17 heavy (non-hydrogen) atoms. The molecule has 0 amide bonds. The SMILES string of the molecule is CCOC(=O)/C(=N/O)c1ncn2c1CC(F)C2. The number of ether oxygens (including phenoxy) is 1. The van der Waals surface area contributed by atoms with Gasteiger partial charge in [0.2, 0.25) is 5.71 Å². The molecule has 6 nitrogen and oxygen atoms in total. The summed E-state index contributed by atoms with van der Waals surface area (Å²) in [7, 11) is 0. The Morgan fingerprint density at radius 3 is 3.24 bits per heavy atom. The minimum Gasteiger partial charge on any atom is -0.461 e. The highest BCUT2D eigenvalue weighted by atomic mass is 19.1. The molecule has 7 heteroatoms. The van der Waals surface area contributed by atoms with Gasteiger partial charge in [-0.3, -0.25) is 0 Å². The third-order valence-corrected chi connectivity index (χ3v) is 2.55. The average Bonchev–Trinajstić information content (AvgIpc) is 2.80. The van der Waals surface area contributed by atoms with Crippen molar-refractivity contribution < 1.29 is 19.1 Å². The standard InChI is InChI=1S/C10H12FN3O3/c1-2-17-10(15)9(13-16)8-7-3-6(11)4-14(7)5-12-8/h5-6,16H,2-4H2,1H3/b13-9+. The molecule has 2 heterocycles. The van der Waals surface area contributed by atoms with E-state index in [1.165, 1.54) is 6.33 Å². The maximum absolute atomic E-state index is 13.2. The van der Waals surface area contributed by atoms with E-state index in [-0.39, 0.29) is 31.0 Å². The van der Waals surface area contributed by atoms with Crippen molar-refractivity contribution in [2.24, 2.45) is 5.16 Å². The van der Waals surface area contributed by atoms with E-state index in [2.05, 4.69) is 10.1 Å². The van der Waals surface area contributed by atoms with Crippen LogP contribution in [0.4, 0.5) is 4.39 Å². The summed E-state index contributed by atoms with van der Waals surface area (Å²) in [5.74, 6) is -0.765. The fourth-order valence-corrected chi connectivity index (χ4v) is 1.85. The number of esters is 1. The van der Waals surface area contributed by atoms with Crippen molar-refractivity contribution in [2.45, 2.75) is 26.1 Å². The fourth-order valence-electron chi connectivity index (χ4n) is 1.85. The minimum atomic E-state index is -0.992. The number of oxime groups is 1. The smallest absolute Gasteiger partial charge is 0.362 e. The van der Waals surface area contributed by atoms with Crippen LogP contribution in [-0.2, 0) is 22.5 Å². The first kappa shape index (κ1) is 11.6. The van der Waals surface area contributed by atoms with Gasteiger partial charge < -0.3 is 14.5 Å². The molecule has 1 aromatic rings. The zero-order valence-electron chi connectivity index (χ0n) is 9.26. The molecule has 0 spiro atoms. The molecule has 2 rings (SSSR count). The summed E-state index contributed by atoms with van der Waals surface area (Å²) in [6, 6.07) is 0. The molecule has 1 aliphatic heterocycles. The van der Waals surface area contributed by atoms with E-state index in [1.54, 1.807) is 11.5 Å². The number of aromatic nitrogens is 2. The van der Waals surface area contributed by atoms with Crippen molar-refractivity contribution in [2.75, 3.05) is 6.61 Å². The molecule has 0 bridgehead atoms. The second-order valence-electron chi connectivity index (χ2n) is 3.66. The van der Waals surface area contributed by atoms with Crippen LogP contribution in [0.15, 0.2) is 11.5 Å². The molecule has 0 saturated heterocycles. The van der Waals surface area contributed by atoms with E-state index in [9.17, 15) is 9.18 Å². The third-order valence-electron chi connectivity index (χ3n) is 2.55. The lowest BCUT2D eigenvalue weighted by molar-refractivity contribution is -0.135. The molecule has 0 fully saturated rings. The molecule has 0 radical (unpaired) electrons. The topological polar surface area (TPSA) is 76.7 Å². The number of hydrogen-bond donors (Lipinski definition) is 1. The van der Waals surface area contributed by atoms with Crippen molar-refractivity contribution in [3.05, 3.63) is 17.7 Å². The molecule has 0 saturated carbocycles. The maximum Gasteiger partial charge on any atom is 0.362 e. The van der Waals surface area contributed by atoms with E-state index < -0.39 is 12.1 Å². The highest BCUT2D eigenvalue weighted by Gasteiger charge is 2.30. The Labute approximate surface area is 96.7 Å². The van der Waals surface area contributed by atoms with Crippen LogP contribution in [0, 0.1) is 0 Å². The predicted molar refractivity (Wildman–Crippen MR) is 55.8 cm³/mol. The number of hydrogen-bond acceptors (Lipinski definition) is 5. The number of alkyl halides is 1. The Bertz CT molecular complexity index is 469. The van der Waals surface area contributed by atoms with Gasteiger partial charge in [0, 0.05) is 6.42 Å². The largest absolute Gasteiger partial charge is 0.461 e. The van der Waals surface area contributed by atoms with Crippen molar-refractivity contribution >= 4 is 11.7 Å². The average molecular weight is 241 g/mol. The first-order valence-corrected chi connectivity index (χ1v) is 5.25. The Morgan fingerprint density at radius 1 is 1.82 bits per heavy atom. The first-order chi connectivity index (χ1) is 8.17. The van der Waals surface area contributed by atoms with E-state index >= 15 is 0 Å². The summed E-state index contributed by atoms with van der Waals surface area (Å²) in [4.78, 5) is 15.4. The van der Waals surface area contributed by atoms with Gasteiger partial charge in [-0.1, -0.05) is 5.16 Å². The Hall–Kier alpha value is -1.92. The lowest BCUT2D eigenvalue weighted by Crippen LogP contribution is -2.20. The van der Waals surface area contributed by atoms with Gasteiger partial charge in [0.15, 0.2) is 0 Å². The molecule has 0 aromatic carbocycles. The fraction of sp³-hybridized carbons (Fsp3) is 0.500. The minimum absolute atomic E-state index is 0.160. The zero-order chi connectivity index (χ0) is 12.4. The third kappa shape index (κ3) is 2.00. The highest BCUT2D eigenvalue weighted by Crippen LogP contribution is 2.21. The van der Waals surface area contributed by atoms with Crippen LogP contribution in [0.1, 0.15) is 18.3 Å². The van der Waals surface area contributed by atoms with Gasteiger partial charge in [-0.15, -0.1) is 0 Å². The summed E-state index contributed by atoms with van der Waals surface area (Å²) in [5.41, 5.74) is 0.458. The van der Waals surface area contributed by atoms with Crippen LogP contribution >= 0.6 is 0 Å². The van der Waals surface area contributed by atoms with Gasteiger partial charge in [-0.25, -0.2) is 14.2 Å². The van der Waals surface area contributed by atoms with Crippen molar-refractivity contribution in [3.63, 3.8) is 0 Å². The monoisotopic (exact) mass is 241 g/mol. The summed E-state index contributed by atoms with van der Waals surface area (Å²) in [6.07, 6.45) is 0.594. The molecule has 92 valence electrons. The number of carbonyl (C=O) groups is 1. The summed E-state index contributed by atoms with van der Waals surface area (Å²) in [6.45, 7) is 2.02. The second-order valence-corrected chi connectivity index (χ2v) is 3.66. The van der Waals surface area contributed by atoms with Gasteiger partial charge in [-0.05, 0) is 6.92 Å². The number of halogens is 1. The van der Waals surface area contributed by atoms with Crippen molar-refractivity contribution in [1.82, 2.24) is 9.55 Å². The maximum atomic E-state index is 13.2. The number of nitrogens with zero attached hydrogens (tertiary/aromatic N) is 3. The van der Waals surface area contributed by atoms with Crippen LogP contribution in [0.3, 0.4) is 0 Å². The lowest BCUT2D eigenvalue weighted by atomic mass is 10.1. The van der Waals surface area contributed by atoms with E-state index in [4.69, 9.17) is 9.94 Å². The van der Waals surface area contributed by atoms with Crippen molar-refractivity contribution in [1.29, 1.82) is 0 Å². The molecule has 1 aromatic heterocycles. The van der Waals surface area contributed by atoms with Crippen LogP contribution in [-0.4, -0.2) is 39.2 Å². The molecule has 1 N–H and O–H groups in total. The Balaban J connectivity index is 2.31. The summed E-state index contributed by atoms with van der Waals surface area (Å²) >= 11 is 0. The number of rotatable bonds is 3. The summed E-state index contributed by atoms with van der Waals surface area (Å²) < 4.78 is 19.5. The number of imidazole rings is 1. The molecule has 1 aliphatic rings. The normalized spacial score (nSPS) is 19.2.